The smallest absolute Gasteiger partial charge is 0.390 e. The number of aryl methyl sites for hydroxylation is 1. The van der Waals surface area contributed by atoms with E-state index in [0.717, 1.165) is 28.2 Å². The topological polar surface area (TPSA) is 129 Å². The third-order valence-corrected chi connectivity index (χ3v) is 8.64. The molecule has 5 aromatic rings. The summed E-state index contributed by atoms with van der Waals surface area (Å²) < 4.78 is 11.8. The molecule has 0 unspecified atom stereocenters. The Balaban J connectivity index is 1.45. The highest BCUT2D eigenvalue weighted by atomic mass is 16.6. The van der Waals surface area contributed by atoms with E-state index in [1.54, 1.807) is 0 Å². The monoisotopic (exact) mass is 593 g/mol. The average Bonchev–Trinajstić information content (AvgIpc) is 3.74. The van der Waals surface area contributed by atoms with Crippen LogP contribution >= 0.6 is 0 Å². The summed E-state index contributed by atoms with van der Waals surface area (Å²) in [5.74, 6) is -1.26. The molecule has 0 fully saturated rings. The van der Waals surface area contributed by atoms with Crippen molar-refractivity contribution >= 4 is 50.7 Å². The van der Waals surface area contributed by atoms with Gasteiger partial charge in [-0.3, -0.25) is 14.5 Å². The molecule has 1 atom stereocenters. The van der Waals surface area contributed by atoms with E-state index in [-0.39, 0.29) is 18.6 Å². The molecule has 0 radical (unpaired) electrons. The summed E-state index contributed by atoms with van der Waals surface area (Å²) in [7, 11) is 3.42. The number of nitrogens with zero attached hydrogens (tertiary/aromatic N) is 6. The van der Waals surface area contributed by atoms with Crippen LogP contribution in [-0.2, 0) is 41.0 Å². The Bertz CT molecular complexity index is 2000. The van der Waals surface area contributed by atoms with E-state index >= 15 is 0 Å². The molecule has 12 heteroatoms. The van der Waals surface area contributed by atoms with Crippen molar-refractivity contribution in [2.75, 3.05) is 20.2 Å². The van der Waals surface area contributed by atoms with Crippen LogP contribution in [0.4, 0.5) is 5.95 Å². The number of benzene rings is 2. The quantitative estimate of drug-likeness (QED) is 0.187. The van der Waals surface area contributed by atoms with Crippen molar-refractivity contribution in [3.05, 3.63) is 94.1 Å². The predicted molar refractivity (Wildman–Crippen MR) is 164 cm³/mol. The number of carbonyl (C=O) groups excluding carboxylic acids is 2. The van der Waals surface area contributed by atoms with Crippen molar-refractivity contribution in [3.8, 4) is 0 Å². The maximum atomic E-state index is 14.4. The fraction of sp³-hybridized carbons (Fsp3) is 0.281. The van der Waals surface area contributed by atoms with Gasteiger partial charge in [0.2, 0.25) is 0 Å². The van der Waals surface area contributed by atoms with Gasteiger partial charge < -0.3 is 29.3 Å². The molecule has 3 aromatic heterocycles. The molecule has 0 aliphatic carbocycles. The molecule has 224 valence electrons. The lowest BCUT2D eigenvalue weighted by molar-refractivity contribution is -0.396. The summed E-state index contributed by atoms with van der Waals surface area (Å²) >= 11 is 0. The lowest BCUT2D eigenvalue weighted by Crippen LogP contribution is -2.31. The van der Waals surface area contributed by atoms with E-state index in [1.807, 2.05) is 68.0 Å². The number of hydrogen-bond donors (Lipinski definition) is 1. The zero-order valence-electron chi connectivity index (χ0n) is 24.4. The molecule has 0 saturated carbocycles. The summed E-state index contributed by atoms with van der Waals surface area (Å²) in [6.07, 6.45) is 5.97. The molecule has 5 heterocycles. The van der Waals surface area contributed by atoms with E-state index in [1.165, 1.54) is 22.7 Å². The van der Waals surface area contributed by atoms with Crippen LogP contribution in [0.1, 0.15) is 23.2 Å². The van der Waals surface area contributed by atoms with Gasteiger partial charge >= 0.3 is 5.95 Å². The van der Waals surface area contributed by atoms with Gasteiger partial charge in [-0.05, 0) is 30.5 Å². The van der Waals surface area contributed by atoms with Crippen LogP contribution in [0.15, 0.2) is 67.1 Å². The fourth-order valence-corrected chi connectivity index (χ4v) is 6.47. The van der Waals surface area contributed by atoms with Crippen LogP contribution in [0.25, 0.3) is 33.0 Å². The number of nitrogens with one attached hydrogen (secondary N) is 1. The number of para-hydroxylation sites is 2. The number of fused-ring (bicyclic) bond motifs is 12. The van der Waals surface area contributed by atoms with Crippen molar-refractivity contribution < 1.29 is 19.2 Å². The van der Waals surface area contributed by atoms with Gasteiger partial charge in [-0.2, -0.15) is 0 Å². The Morgan fingerprint density at radius 2 is 1.55 bits per heavy atom. The zero-order chi connectivity index (χ0) is 30.5. The molecule has 44 heavy (non-hydrogen) atoms. The number of aromatic nitrogens is 4. The predicted octanol–water partition coefficient (Wildman–Crippen LogP) is 3.73. The normalized spacial score (nSPS) is 17.5. The average molecular weight is 594 g/mol. The lowest BCUT2D eigenvalue weighted by Gasteiger charge is -2.19. The van der Waals surface area contributed by atoms with Crippen LogP contribution in [0.2, 0.25) is 0 Å². The second-order valence-corrected chi connectivity index (χ2v) is 11.2. The zero-order valence-corrected chi connectivity index (χ0v) is 24.4. The molecule has 7 rings (SSSR count). The van der Waals surface area contributed by atoms with E-state index in [2.05, 4.69) is 19.4 Å². The van der Waals surface area contributed by atoms with Gasteiger partial charge in [0, 0.05) is 65.0 Å². The summed E-state index contributed by atoms with van der Waals surface area (Å²) in [4.78, 5) is 44.7. The first-order valence-electron chi connectivity index (χ1n) is 14.6. The molecule has 4 bridgehead atoms. The SMILES string of the molecule is CNC[C@@H]1CCn2cc(c3ccccc32)C2=C(C(=O)N(Cc3cnc([N+](=O)[O-])n3C)C2=O)c2cn(c3ccccc23)CCO1. The molecular weight excluding hydrogens is 562 g/mol. The second-order valence-electron chi connectivity index (χ2n) is 11.2. The largest absolute Gasteiger partial charge is 0.434 e. The summed E-state index contributed by atoms with van der Waals surface area (Å²) in [6, 6.07) is 15.7. The number of amides is 2. The van der Waals surface area contributed by atoms with Crippen molar-refractivity contribution in [2.45, 2.75) is 32.2 Å². The van der Waals surface area contributed by atoms with Crippen LogP contribution in [0.3, 0.4) is 0 Å². The summed E-state index contributed by atoms with van der Waals surface area (Å²) in [5, 5.41) is 16.4. The Morgan fingerprint density at radius 1 is 0.955 bits per heavy atom. The van der Waals surface area contributed by atoms with Crippen molar-refractivity contribution in [1.29, 1.82) is 0 Å². The Morgan fingerprint density at radius 3 is 2.11 bits per heavy atom. The van der Waals surface area contributed by atoms with Crippen molar-refractivity contribution in [1.82, 2.24) is 28.9 Å². The molecule has 1 N–H and O–H groups in total. The summed E-state index contributed by atoms with van der Waals surface area (Å²) in [5.41, 5.74) is 4.24. The Kier molecular flexibility index (Phi) is 6.87. The molecule has 2 aromatic carbocycles. The fourth-order valence-electron chi connectivity index (χ4n) is 6.47. The third kappa shape index (κ3) is 4.41. The minimum atomic E-state index is -0.590. The van der Waals surface area contributed by atoms with E-state index in [9.17, 15) is 19.7 Å². The maximum absolute atomic E-state index is 14.4. The highest BCUT2D eigenvalue weighted by Crippen LogP contribution is 2.42. The van der Waals surface area contributed by atoms with Gasteiger partial charge in [0.05, 0.1) is 37.4 Å². The highest BCUT2D eigenvalue weighted by Gasteiger charge is 2.42. The highest BCUT2D eigenvalue weighted by molar-refractivity contribution is 6.50. The van der Waals surface area contributed by atoms with Crippen LogP contribution in [-0.4, -0.2) is 66.6 Å². The number of nitro groups is 1. The van der Waals surface area contributed by atoms with Crippen molar-refractivity contribution in [2.24, 2.45) is 7.05 Å². The number of imidazole rings is 1. The minimum Gasteiger partial charge on any atom is -0.390 e. The molecular formula is C32H31N7O5. The van der Waals surface area contributed by atoms with E-state index in [4.69, 9.17) is 4.74 Å². The first-order valence-corrected chi connectivity index (χ1v) is 14.6. The maximum Gasteiger partial charge on any atom is 0.434 e. The number of rotatable bonds is 5. The number of likely N-dealkylation sites (N-methyl/N-ethyl adjacent to an activating group) is 1. The molecule has 12 nitrogen and oxygen atoms in total. The molecule has 2 aliphatic heterocycles. The second kappa shape index (κ2) is 10.9. The standard InChI is InChI=1S/C32H31N7O5/c1-33-16-21-11-12-36-18-24(22-7-3-5-9-26(22)36)28-29(25-19-37(13-14-44-21)27-10-6-4-8-23(25)27)31(41)38(30(28)40)17-20-15-34-32(35(20)2)39(42)43/h3-10,15,18-19,21,33H,11-14,16-17H2,1-2H3/t21-/m0/s1. The van der Waals surface area contributed by atoms with Gasteiger partial charge in [0.1, 0.15) is 11.9 Å². The van der Waals surface area contributed by atoms with E-state index < -0.39 is 16.7 Å². The van der Waals surface area contributed by atoms with Gasteiger partial charge in [0.25, 0.3) is 11.8 Å². The summed E-state index contributed by atoms with van der Waals surface area (Å²) in [6.45, 7) is 2.26. The molecule has 0 spiro atoms. The van der Waals surface area contributed by atoms with Gasteiger partial charge in [-0.15, -0.1) is 0 Å². The first-order chi connectivity index (χ1) is 21.4. The van der Waals surface area contributed by atoms with Crippen LogP contribution in [0.5, 0.6) is 0 Å². The number of imide groups is 1. The molecule has 0 saturated heterocycles. The van der Waals surface area contributed by atoms with Crippen LogP contribution in [0, 0.1) is 10.1 Å². The lowest BCUT2D eigenvalue weighted by atomic mass is 9.95. The van der Waals surface area contributed by atoms with Gasteiger partial charge in [-0.25, -0.2) is 4.57 Å². The van der Waals surface area contributed by atoms with Gasteiger partial charge in [-0.1, -0.05) is 41.4 Å². The first kappa shape index (κ1) is 27.7. The third-order valence-electron chi connectivity index (χ3n) is 8.64. The van der Waals surface area contributed by atoms with Gasteiger partial charge in [0.15, 0.2) is 0 Å². The van der Waals surface area contributed by atoms with Crippen LogP contribution < -0.4 is 5.32 Å². The Labute approximate surface area is 252 Å². The molecule has 2 amide bonds. The number of carbonyl (C=O) groups is 2. The minimum absolute atomic E-state index is 0.0169. The molecule has 2 aliphatic rings. The number of ether oxygens (including phenoxy) is 1. The number of hydrogen-bond acceptors (Lipinski definition) is 7. The Hall–Kier alpha value is -5.07. The van der Waals surface area contributed by atoms with Crippen molar-refractivity contribution in [3.63, 3.8) is 0 Å². The van der Waals surface area contributed by atoms with E-state index in [0.29, 0.717) is 54.2 Å².